The fourth-order valence-electron chi connectivity index (χ4n) is 3.01. The Morgan fingerprint density at radius 1 is 1.00 bits per heavy atom. The maximum atomic E-state index is 12.2. The Hall–Kier alpha value is -3.66. The normalized spacial score (nSPS) is 11.4. The Morgan fingerprint density at radius 2 is 1.80 bits per heavy atom. The lowest BCUT2D eigenvalue weighted by Crippen LogP contribution is -2.04. The van der Waals surface area contributed by atoms with Crippen LogP contribution in [0.2, 0.25) is 0 Å². The van der Waals surface area contributed by atoms with Gasteiger partial charge in [-0.1, -0.05) is 12.1 Å². The predicted molar refractivity (Wildman–Crippen MR) is 116 cm³/mol. The zero-order valence-corrected chi connectivity index (χ0v) is 17.4. The molecule has 0 saturated heterocycles. The molecule has 4 rings (SSSR count). The zero-order valence-electron chi connectivity index (χ0n) is 16.6. The van der Waals surface area contributed by atoms with Gasteiger partial charge in [0.05, 0.1) is 29.6 Å². The van der Waals surface area contributed by atoms with Gasteiger partial charge in [-0.3, -0.25) is 0 Å². The molecule has 0 aliphatic rings. The van der Waals surface area contributed by atoms with Gasteiger partial charge in [0.25, 0.3) is 0 Å². The van der Waals surface area contributed by atoms with E-state index in [2.05, 4.69) is 30.6 Å². The molecule has 0 radical (unpaired) electrons. The lowest BCUT2D eigenvalue weighted by Gasteiger charge is -2.13. The molecule has 9 nitrogen and oxygen atoms in total. The van der Waals surface area contributed by atoms with Crippen molar-refractivity contribution in [2.75, 3.05) is 24.0 Å². The van der Waals surface area contributed by atoms with Crippen molar-refractivity contribution in [3.63, 3.8) is 0 Å². The number of imidazole rings is 1. The van der Waals surface area contributed by atoms with Gasteiger partial charge in [0.1, 0.15) is 28.7 Å². The molecule has 10 heteroatoms. The van der Waals surface area contributed by atoms with Crippen LogP contribution < -0.4 is 15.4 Å². The van der Waals surface area contributed by atoms with Crippen LogP contribution in [-0.2, 0) is 9.84 Å². The maximum absolute atomic E-state index is 12.2. The van der Waals surface area contributed by atoms with E-state index in [9.17, 15) is 8.42 Å². The number of aromatic amines is 1. The summed E-state index contributed by atoms with van der Waals surface area (Å²) in [6.07, 6.45) is 2.78. The number of methoxy groups -OCH3 is 1. The number of fused-ring (bicyclic) bond motifs is 1. The number of rotatable bonds is 6. The third kappa shape index (κ3) is 4.03. The number of sulfone groups is 1. The average molecular weight is 424 g/mol. The molecule has 0 spiro atoms. The van der Waals surface area contributed by atoms with Crippen LogP contribution in [0.5, 0.6) is 5.75 Å². The number of pyridine rings is 2. The van der Waals surface area contributed by atoms with Gasteiger partial charge in [0, 0.05) is 12.3 Å². The second kappa shape index (κ2) is 7.64. The van der Waals surface area contributed by atoms with Crippen LogP contribution in [0.25, 0.3) is 11.2 Å². The Bertz CT molecular complexity index is 1320. The molecular formula is C20H20N6O3S. The largest absolute Gasteiger partial charge is 0.495 e. The average Bonchev–Trinajstić information content (AvgIpc) is 3.09. The third-order valence-corrected chi connectivity index (χ3v) is 5.51. The Kier molecular flexibility index (Phi) is 5.00. The molecule has 3 aromatic heterocycles. The molecule has 1 aromatic carbocycles. The summed E-state index contributed by atoms with van der Waals surface area (Å²) < 4.78 is 29.5. The lowest BCUT2D eigenvalue weighted by atomic mass is 10.2. The van der Waals surface area contributed by atoms with Gasteiger partial charge < -0.3 is 20.4 Å². The van der Waals surface area contributed by atoms with Crippen LogP contribution in [0, 0.1) is 6.92 Å². The predicted octanol–water partition coefficient (Wildman–Crippen LogP) is 3.56. The van der Waals surface area contributed by atoms with Gasteiger partial charge >= 0.3 is 0 Å². The van der Waals surface area contributed by atoms with Gasteiger partial charge in [0.2, 0.25) is 0 Å². The van der Waals surface area contributed by atoms with E-state index < -0.39 is 9.84 Å². The first kappa shape index (κ1) is 19.6. The fourth-order valence-corrected chi connectivity index (χ4v) is 3.85. The number of hydrogen-bond acceptors (Lipinski definition) is 8. The quantitative estimate of drug-likeness (QED) is 0.429. The lowest BCUT2D eigenvalue weighted by molar-refractivity contribution is 0.413. The minimum Gasteiger partial charge on any atom is -0.495 e. The van der Waals surface area contributed by atoms with Crippen molar-refractivity contribution < 1.29 is 13.2 Å². The number of aromatic nitrogens is 4. The Morgan fingerprint density at radius 3 is 2.50 bits per heavy atom. The number of benzene rings is 1. The molecule has 0 atom stereocenters. The summed E-state index contributed by atoms with van der Waals surface area (Å²) >= 11 is 0. The number of ether oxygens (including phenoxy) is 1. The molecule has 0 saturated carbocycles. The van der Waals surface area contributed by atoms with Gasteiger partial charge in [-0.15, -0.1) is 0 Å². The highest BCUT2D eigenvalue weighted by Gasteiger charge is 2.16. The zero-order chi connectivity index (χ0) is 21.3. The molecule has 0 aliphatic heterocycles. The van der Waals surface area contributed by atoms with E-state index in [4.69, 9.17) is 4.74 Å². The van der Waals surface area contributed by atoms with Gasteiger partial charge in [-0.25, -0.2) is 23.4 Å². The van der Waals surface area contributed by atoms with E-state index in [1.807, 2.05) is 6.92 Å². The minimum atomic E-state index is -3.41. The van der Waals surface area contributed by atoms with Crippen molar-refractivity contribution in [1.82, 2.24) is 19.9 Å². The maximum Gasteiger partial charge on any atom is 0.177 e. The molecule has 0 unspecified atom stereocenters. The molecule has 0 aliphatic carbocycles. The first-order valence-electron chi connectivity index (χ1n) is 9.04. The molecule has 3 heterocycles. The van der Waals surface area contributed by atoms with Crippen LogP contribution >= 0.6 is 0 Å². The van der Waals surface area contributed by atoms with Gasteiger partial charge in [0.15, 0.2) is 15.5 Å². The molecule has 4 aromatic rings. The van der Waals surface area contributed by atoms with Crippen molar-refractivity contribution >= 4 is 44.0 Å². The highest BCUT2D eigenvalue weighted by atomic mass is 32.2. The van der Waals surface area contributed by atoms with E-state index >= 15 is 0 Å². The standard InChI is InChI=1S/C20H20N6O3S/c1-12-22-19-15(24-14-6-4-5-7-16(14)30(3,27)28)10-18(26-20(19)23-12)25-17-9-8-13(29-2)11-21-17/h4-11H,1-3H3,(H3,21,22,23,24,25,26). The summed E-state index contributed by atoms with van der Waals surface area (Å²) in [6, 6.07) is 12.0. The number of nitrogens with one attached hydrogen (secondary N) is 3. The molecule has 0 bridgehead atoms. The smallest absolute Gasteiger partial charge is 0.177 e. The Balaban J connectivity index is 1.76. The van der Waals surface area contributed by atoms with E-state index in [0.717, 1.165) is 0 Å². The number of para-hydroxylation sites is 1. The summed E-state index contributed by atoms with van der Waals surface area (Å²) in [7, 11) is -1.83. The van der Waals surface area contributed by atoms with Crippen molar-refractivity contribution in [2.45, 2.75) is 11.8 Å². The van der Waals surface area contributed by atoms with E-state index in [1.54, 1.807) is 55.8 Å². The molecule has 0 amide bonds. The van der Waals surface area contributed by atoms with Crippen LogP contribution in [-0.4, -0.2) is 41.7 Å². The van der Waals surface area contributed by atoms with Crippen LogP contribution in [0.15, 0.2) is 53.6 Å². The molecule has 30 heavy (non-hydrogen) atoms. The summed E-state index contributed by atoms with van der Waals surface area (Å²) in [4.78, 5) is 16.6. The monoisotopic (exact) mass is 424 g/mol. The topological polar surface area (TPSA) is 122 Å². The second-order valence-corrected chi connectivity index (χ2v) is 8.66. The van der Waals surface area contributed by atoms with Crippen molar-refractivity contribution in [3.8, 4) is 5.75 Å². The molecular weight excluding hydrogens is 404 g/mol. The van der Waals surface area contributed by atoms with Crippen molar-refractivity contribution in [2.24, 2.45) is 0 Å². The molecule has 0 fully saturated rings. The number of anilines is 4. The Labute approximate surface area is 173 Å². The van der Waals surface area contributed by atoms with Gasteiger partial charge in [-0.05, 0) is 31.2 Å². The number of hydrogen-bond donors (Lipinski definition) is 3. The summed E-state index contributed by atoms with van der Waals surface area (Å²) in [5.74, 6) is 2.44. The third-order valence-electron chi connectivity index (χ3n) is 4.36. The minimum absolute atomic E-state index is 0.202. The fraction of sp³-hybridized carbons (Fsp3) is 0.150. The van der Waals surface area contributed by atoms with Crippen molar-refractivity contribution in [3.05, 3.63) is 54.5 Å². The van der Waals surface area contributed by atoms with Crippen LogP contribution in [0.4, 0.5) is 23.0 Å². The first-order chi connectivity index (χ1) is 14.3. The van der Waals surface area contributed by atoms with Crippen LogP contribution in [0.3, 0.4) is 0 Å². The first-order valence-corrected chi connectivity index (χ1v) is 10.9. The SMILES string of the molecule is COc1ccc(Nc2cc(Nc3ccccc3S(C)(=O)=O)c3nc(C)[nH]c3n2)nc1. The molecule has 154 valence electrons. The summed E-state index contributed by atoms with van der Waals surface area (Å²) in [6.45, 7) is 1.83. The number of nitrogens with zero attached hydrogens (tertiary/aromatic N) is 3. The van der Waals surface area contributed by atoms with E-state index in [0.29, 0.717) is 45.7 Å². The van der Waals surface area contributed by atoms with Crippen LogP contribution in [0.1, 0.15) is 5.82 Å². The highest BCUT2D eigenvalue weighted by molar-refractivity contribution is 7.90. The summed E-state index contributed by atoms with van der Waals surface area (Å²) in [5, 5.41) is 6.34. The van der Waals surface area contributed by atoms with E-state index in [-0.39, 0.29) is 4.90 Å². The molecule has 3 N–H and O–H groups in total. The number of aryl methyl sites for hydroxylation is 1. The van der Waals surface area contributed by atoms with Gasteiger partial charge in [-0.2, -0.15) is 0 Å². The summed E-state index contributed by atoms with van der Waals surface area (Å²) in [5.41, 5.74) is 2.23. The van der Waals surface area contributed by atoms with E-state index in [1.165, 1.54) is 6.26 Å². The second-order valence-electron chi connectivity index (χ2n) is 6.68. The number of H-pyrrole nitrogens is 1. The van der Waals surface area contributed by atoms with Crippen molar-refractivity contribution in [1.29, 1.82) is 0 Å². The highest BCUT2D eigenvalue weighted by Crippen LogP contribution is 2.31.